The standard InChI is InChI=1S/C22H27NO5/c1-5-26-19-18(28-16(4)24)21(20(25)27-6-2)14-15(3)12-13-22(21,23-19)17-10-8-7-9-11-17/h7-12,18H,5-6,13-14H2,1-4H3/t18-,21-,22+/m1/s1. The van der Waals surface area contributed by atoms with Crippen LogP contribution in [-0.2, 0) is 29.3 Å². The first kappa shape index (κ1) is 20.1. The van der Waals surface area contributed by atoms with Crippen LogP contribution in [0.3, 0.4) is 0 Å². The average molecular weight is 385 g/mol. The number of hydrogen-bond acceptors (Lipinski definition) is 6. The van der Waals surface area contributed by atoms with E-state index in [1.807, 2.05) is 44.2 Å². The van der Waals surface area contributed by atoms with Gasteiger partial charge in [0.05, 0.1) is 13.2 Å². The summed E-state index contributed by atoms with van der Waals surface area (Å²) in [6.07, 6.45) is 2.02. The number of fused-ring (bicyclic) bond motifs is 1. The molecule has 6 heteroatoms. The fourth-order valence-electron chi connectivity index (χ4n) is 4.41. The van der Waals surface area contributed by atoms with Gasteiger partial charge in [0.1, 0.15) is 11.0 Å². The van der Waals surface area contributed by atoms with Gasteiger partial charge in [0.2, 0.25) is 5.90 Å². The van der Waals surface area contributed by atoms with Crippen molar-refractivity contribution in [3.05, 3.63) is 47.5 Å². The molecule has 1 aromatic rings. The number of nitrogens with zero attached hydrogens (tertiary/aromatic N) is 1. The summed E-state index contributed by atoms with van der Waals surface area (Å²) in [6.45, 7) is 7.49. The van der Waals surface area contributed by atoms with Gasteiger partial charge in [-0.2, -0.15) is 0 Å². The molecule has 0 saturated carbocycles. The monoisotopic (exact) mass is 385 g/mol. The number of carbonyl (C=O) groups is 2. The second-order valence-corrected chi connectivity index (χ2v) is 7.22. The van der Waals surface area contributed by atoms with Crippen LogP contribution in [0.1, 0.15) is 46.1 Å². The van der Waals surface area contributed by atoms with Gasteiger partial charge < -0.3 is 14.2 Å². The molecular weight excluding hydrogens is 358 g/mol. The van der Waals surface area contributed by atoms with Crippen molar-refractivity contribution in [3.8, 4) is 0 Å². The molecule has 0 fully saturated rings. The van der Waals surface area contributed by atoms with E-state index in [4.69, 9.17) is 19.2 Å². The van der Waals surface area contributed by atoms with Crippen molar-refractivity contribution in [3.63, 3.8) is 0 Å². The largest absolute Gasteiger partial charge is 0.479 e. The number of rotatable bonds is 5. The van der Waals surface area contributed by atoms with Gasteiger partial charge in [-0.05, 0) is 39.2 Å². The molecule has 6 nitrogen and oxygen atoms in total. The van der Waals surface area contributed by atoms with Crippen molar-refractivity contribution < 1.29 is 23.8 Å². The first-order valence-electron chi connectivity index (χ1n) is 9.69. The Morgan fingerprint density at radius 2 is 1.89 bits per heavy atom. The zero-order valence-electron chi connectivity index (χ0n) is 16.9. The average Bonchev–Trinajstić information content (AvgIpc) is 2.94. The molecule has 1 aliphatic carbocycles. The molecule has 0 radical (unpaired) electrons. The lowest BCUT2D eigenvalue weighted by Gasteiger charge is -2.46. The third-order valence-corrected chi connectivity index (χ3v) is 5.48. The lowest BCUT2D eigenvalue weighted by atomic mass is 9.58. The van der Waals surface area contributed by atoms with Crippen LogP contribution < -0.4 is 0 Å². The van der Waals surface area contributed by atoms with Gasteiger partial charge in [0.15, 0.2) is 6.10 Å². The highest BCUT2D eigenvalue weighted by Crippen LogP contribution is 2.60. The predicted octanol–water partition coefficient (Wildman–Crippen LogP) is 3.55. The van der Waals surface area contributed by atoms with Gasteiger partial charge in [-0.25, -0.2) is 4.99 Å². The highest BCUT2D eigenvalue weighted by molar-refractivity contribution is 5.97. The summed E-state index contributed by atoms with van der Waals surface area (Å²) in [5.74, 6) is -0.633. The van der Waals surface area contributed by atoms with Crippen LogP contribution >= 0.6 is 0 Å². The van der Waals surface area contributed by atoms with Crippen LogP contribution in [0.4, 0.5) is 0 Å². The van der Waals surface area contributed by atoms with Gasteiger partial charge >= 0.3 is 11.9 Å². The Bertz CT molecular complexity index is 815. The molecule has 0 unspecified atom stereocenters. The van der Waals surface area contributed by atoms with Crippen molar-refractivity contribution in [2.75, 3.05) is 13.2 Å². The first-order chi connectivity index (χ1) is 13.4. The van der Waals surface area contributed by atoms with E-state index in [0.29, 0.717) is 19.4 Å². The summed E-state index contributed by atoms with van der Waals surface area (Å²) >= 11 is 0. The fraction of sp³-hybridized carbons (Fsp3) is 0.500. The topological polar surface area (TPSA) is 74.2 Å². The van der Waals surface area contributed by atoms with Crippen molar-refractivity contribution >= 4 is 17.8 Å². The molecule has 1 aromatic carbocycles. The lowest BCUT2D eigenvalue weighted by molar-refractivity contribution is -0.173. The zero-order valence-corrected chi connectivity index (χ0v) is 16.9. The molecule has 0 aromatic heterocycles. The highest BCUT2D eigenvalue weighted by Gasteiger charge is 2.70. The summed E-state index contributed by atoms with van der Waals surface area (Å²) in [7, 11) is 0. The molecule has 3 rings (SSSR count). The van der Waals surface area contributed by atoms with E-state index in [9.17, 15) is 9.59 Å². The number of ether oxygens (including phenoxy) is 3. The lowest BCUT2D eigenvalue weighted by Crippen LogP contribution is -2.57. The van der Waals surface area contributed by atoms with Gasteiger partial charge in [0, 0.05) is 6.92 Å². The third kappa shape index (κ3) is 3.01. The number of carbonyl (C=O) groups excluding carboxylic acids is 2. The van der Waals surface area contributed by atoms with Crippen LogP contribution in [0.5, 0.6) is 0 Å². The Kier molecular flexibility index (Phi) is 5.59. The molecule has 3 atom stereocenters. The van der Waals surface area contributed by atoms with Crippen molar-refractivity contribution in [1.29, 1.82) is 0 Å². The SMILES string of the molecule is CCOC(=O)[C@]12CC(C)=CC[C@@]1(c1ccccc1)N=C(OCC)[C@H]2OC(C)=O. The van der Waals surface area contributed by atoms with Gasteiger partial charge in [0.25, 0.3) is 0 Å². The van der Waals surface area contributed by atoms with Crippen molar-refractivity contribution in [1.82, 2.24) is 0 Å². The molecule has 0 N–H and O–H groups in total. The number of aliphatic imine (C=N–C) groups is 1. The molecule has 0 spiro atoms. The summed E-state index contributed by atoms with van der Waals surface area (Å²) in [5, 5.41) is 0. The molecule has 0 bridgehead atoms. The maximum atomic E-state index is 13.5. The number of allylic oxidation sites excluding steroid dienone is 1. The Labute approximate surface area is 165 Å². The van der Waals surface area contributed by atoms with E-state index in [2.05, 4.69) is 6.08 Å². The quantitative estimate of drug-likeness (QED) is 0.572. The molecule has 1 heterocycles. The number of benzene rings is 1. The van der Waals surface area contributed by atoms with Crippen molar-refractivity contribution in [2.24, 2.45) is 10.4 Å². The second-order valence-electron chi connectivity index (χ2n) is 7.22. The maximum Gasteiger partial charge on any atom is 0.319 e. The zero-order chi connectivity index (χ0) is 20.4. The molecule has 2 aliphatic rings. The fourth-order valence-corrected chi connectivity index (χ4v) is 4.41. The van der Waals surface area contributed by atoms with E-state index in [0.717, 1.165) is 11.1 Å². The molecular formula is C22H27NO5. The van der Waals surface area contributed by atoms with Crippen LogP contribution in [0, 0.1) is 5.41 Å². The van der Waals surface area contributed by atoms with E-state index < -0.39 is 29.0 Å². The predicted molar refractivity (Wildman–Crippen MR) is 105 cm³/mol. The summed E-state index contributed by atoms with van der Waals surface area (Å²) in [5.41, 5.74) is -0.257. The van der Waals surface area contributed by atoms with Crippen LogP contribution in [-0.4, -0.2) is 37.2 Å². The van der Waals surface area contributed by atoms with E-state index in [1.165, 1.54) is 6.92 Å². The summed E-state index contributed by atoms with van der Waals surface area (Å²) in [6, 6.07) is 9.65. The van der Waals surface area contributed by atoms with Gasteiger partial charge in [-0.1, -0.05) is 42.0 Å². The number of esters is 2. The van der Waals surface area contributed by atoms with E-state index in [1.54, 1.807) is 6.92 Å². The Balaban J connectivity index is 2.30. The Hall–Kier alpha value is -2.63. The smallest absolute Gasteiger partial charge is 0.319 e. The van der Waals surface area contributed by atoms with Crippen LogP contribution in [0.25, 0.3) is 0 Å². The molecule has 0 amide bonds. The summed E-state index contributed by atoms with van der Waals surface area (Å²) < 4.78 is 17.0. The Morgan fingerprint density at radius 3 is 2.50 bits per heavy atom. The van der Waals surface area contributed by atoms with Crippen LogP contribution in [0.2, 0.25) is 0 Å². The van der Waals surface area contributed by atoms with Crippen molar-refractivity contribution in [2.45, 2.75) is 52.2 Å². The third-order valence-electron chi connectivity index (χ3n) is 5.48. The van der Waals surface area contributed by atoms with Gasteiger partial charge in [-0.3, -0.25) is 9.59 Å². The van der Waals surface area contributed by atoms with E-state index >= 15 is 0 Å². The maximum absolute atomic E-state index is 13.5. The highest BCUT2D eigenvalue weighted by atomic mass is 16.6. The molecule has 0 saturated heterocycles. The normalized spacial score (nSPS) is 28.6. The minimum atomic E-state index is -1.21. The Morgan fingerprint density at radius 1 is 1.18 bits per heavy atom. The van der Waals surface area contributed by atoms with Crippen LogP contribution in [0.15, 0.2) is 47.0 Å². The first-order valence-corrected chi connectivity index (χ1v) is 9.69. The van der Waals surface area contributed by atoms with E-state index in [-0.39, 0.29) is 12.5 Å². The molecule has 150 valence electrons. The second kappa shape index (κ2) is 7.78. The number of hydrogen-bond donors (Lipinski definition) is 0. The van der Waals surface area contributed by atoms with Gasteiger partial charge in [-0.15, -0.1) is 0 Å². The molecule has 1 aliphatic heterocycles. The molecule has 28 heavy (non-hydrogen) atoms. The summed E-state index contributed by atoms with van der Waals surface area (Å²) in [4.78, 5) is 30.4. The minimum Gasteiger partial charge on any atom is -0.479 e. The minimum absolute atomic E-state index is 0.227.